The minimum absolute atomic E-state index is 0.151. The van der Waals surface area contributed by atoms with Gasteiger partial charge in [-0.1, -0.05) is 6.07 Å². The third kappa shape index (κ3) is 3.40. The van der Waals surface area contributed by atoms with Crippen LogP contribution in [0.15, 0.2) is 18.2 Å². The average molecular weight is 269 g/mol. The van der Waals surface area contributed by atoms with Gasteiger partial charge in [-0.25, -0.2) is 0 Å². The molecule has 3 N–H and O–H groups in total. The molecule has 0 radical (unpaired) electrons. The third-order valence-electron chi connectivity index (χ3n) is 2.67. The molecule has 1 aromatic carbocycles. The van der Waals surface area contributed by atoms with Crippen LogP contribution in [0.3, 0.4) is 0 Å². The second-order valence-electron chi connectivity index (χ2n) is 4.01. The molecule has 2 atom stereocenters. The molecular formula is C12H15NO4S. The lowest BCUT2D eigenvalue weighted by Gasteiger charge is -2.09. The van der Waals surface area contributed by atoms with Gasteiger partial charge in [-0.15, -0.1) is 0 Å². The van der Waals surface area contributed by atoms with Crippen LogP contribution in [0.1, 0.15) is 28.4 Å². The number of primary amides is 1. The highest BCUT2D eigenvalue weighted by molar-refractivity contribution is 7.85. The minimum Gasteiger partial charge on any atom is -0.480 e. The first-order valence-corrected chi connectivity index (χ1v) is 6.70. The number of carbonyl (C=O) groups is 2. The predicted octanol–water partition coefficient (Wildman–Crippen LogP) is 0.816. The van der Waals surface area contributed by atoms with Crippen LogP contribution >= 0.6 is 0 Å². The summed E-state index contributed by atoms with van der Waals surface area (Å²) in [5.74, 6) is -1.46. The second-order valence-corrected chi connectivity index (χ2v) is 5.77. The Morgan fingerprint density at radius 2 is 2.06 bits per heavy atom. The fourth-order valence-corrected chi connectivity index (χ4v) is 2.51. The number of carbonyl (C=O) groups excluding carboxylic acids is 1. The number of aliphatic carboxylic acids is 1. The molecule has 0 aliphatic rings. The molecule has 0 heterocycles. The molecule has 5 nitrogen and oxygen atoms in total. The number of amides is 1. The van der Waals surface area contributed by atoms with Crippen molar-refractivity contribution in [1.29, 1.82) is 0 Å². The van der Waals surface area contributed by atoms with Gasteiger partial charge in [0.05, 0.1) is 0 Å². The van der Waals surface area contributed by atoms with Gasteiger partial charge in [0.25, 0.3) is 0 Å². The Hall–Kier alpha value is -1.69. The van der Waals surface area contributed by atoms with Crippen LogP contribution in [0.25, 0.3) is 0 Å². The van der Waals surface area contributed by atoms with E-state index < -0.39 is 27.9 Å². The largest absolute Gasteiger partial charge is 0.480 e. The summed E-state index contributed by atoms with van der Waals surface area (Å²) in [7, 11) is -1.49. The first kappa shape index (κ1) is 14.4. The van der Waals surface area contributed by atoms with Gasteiger partial charge in [0.15, 0.2) is 0 Å². The van der Waals surface area contributed by atoms with Crippen LogP contribution in [0, 0.1) is 6.92 Å². The predicted molar refractivity (Wildman–Crippen MR) is 68.6 cm³/mol. The highest BCUT2D eigenvalue weighted by Gasteiger charge is 2.19. The van der Waals surface area contributed by atoms with Crippen LogP contribution in [0.2, 0.25) is 0 Å². The van der Waals surface area contributed by atoms with Gasteiger partial charge in [0, 0.05) is 22.1 Å². The molecule has 0 aromatic heterocycles. The van der Waals surface area contributed by atoms with E-state index in [-0.39, 0.29) is 5.75 Å². The Kier molecular flexibility index (Phi) is 4.61. The average Bonchev–Trinajstić information content (AvgIpc) is 2.30. The third-order valence-corrected chi connectivity index (χ3v) is 4.25. The van der Waals surface area contributed by atoms with Crippen molar-refractivity contribution in [2.24, 2.45) is 5.73 Å². The summed E-state index contributed by atoms with van der Waals surface area (Å²) in [6.45, 7) is 3.18. The van der Waals surface area contributed by atoms with Gasteiger partial charge < -0.3 is 10.8 Å². The zero-order valence-electron chi connectivity index (χ0n) is 10.2. The lowest BCUT2D eigenvalue weighted by molar-refractivity contribution is -0.136. The standard InChI is InChI=1S/C12H15NO4S/c1-7-5-9(11(13)14)3-4-10(7)6-18(17)8(2)12(15)16/h3-5,8H,6H2,1-2H3,(H2,13,14)(H,15,16). The van der Waals surface area contributed by atoms with Gasteiger partial charge in [-0.3, -0.25) is 13.8 Å². The number of carboxylic acid groups (broad SMARTS) is 1. The Bertz CT molecular complexity index is 513. The van der Waals surface area contributed by atoms with Crippen LogP contribution in [-0.2, 0) is 21.3 Å². The van der Waals surface area contributed by atoms with E-state index in [9.17, 15) is 13.8 Å². The highest BCUT2D eigenvalue weighted by atomic mass is 32.2. The molecule has 2 unspecified atom stereocenters. The quantitative estimate of drug-likeness (QED) is 0.826. The monoisotopic (exact) mass is 269 g/mol. The molecule has 0 bridgehead atoms. The smallest absolute Gasteiger partial charge is 0.318 e. The maximum atomic E-state index is 11.8. The zero-order valence-corrected chi connectivity index (χ0v) is 11.0. The molecule has 0 aliphatic carbocycles. The van der Waals surface area contributed by atoms with Gasteiger partial charge in [-0.2, -0.15) is 0 Å². The Morgan fingerprint density at radius 1 is 1.44 bits per heavy atom. The van der Waals surface area contributed by atoms with E-state index in [1.165, 1.54) is 6.92 Å². The lowest BCUT2D eigenvalue weighted by atomic mass is 10.1. The molecule has 98 valence electrons. The van der Waals surface area contributed by atoms with Crippen molar-refractivity contribution in [3.05, 3.63) is 34.9 Å². The topological polar surface area (TPSA) is 97.5 Å². The summed E-state index contributed by atoms with van der Waals surface area (Å²) in [5.41, 5.74) is 7.06. The normalized spacial score (nSPS) is 13.9. The fraction of sp³-hybridized carbons (Fsp3) is 0.333. The van der Waals surface area contributed by atoms with Gasteiger partial charge >= 0.3 is 5.97 Å². The fourth-order valence-electron chi connectivity index (χ4n) is 1.40. The molecule has 6 heteroatoms. The number of aryl methyl sites for hydroxylation is 1. The number of rotatable bonds is 5. The number of hydrogen-bond acceptors (Lipinski definition) is 3. The van der Waals surface area contributed by atoms with Crippen LogP contribution < -0.4 is 5.73 Å². The van der Waals surface area contributed by atoms with Crippen molar-refractivity contribution >= 4 is 22.7 Å². The summed E-state index contributed by atoms with van der Waals surface area (Å²) in [5, 5.41) is 7.85. The number of nitrogens with two attached hydrogens (primary N) is 1. The van der Waals surface area contributed by atoms with E-state index in [1.807, 2.05) is 0 Å². The lowest BCUT2D eigenvalue weighted by Crippen LogP contribution is -2.23. The van der Waals surface area contributed by atoms with Crippen molar-refractivity contribution in [2.75, 3.05) is 0 Å². The number of benzene rings is 1. The number of carboxylic acids is 1. The van der Waals surface area contributed by atoms with Crippen molar-refractivity contribution in [3.8, 4) is 0 Å². The van der Waals surface area contributed by atoms with E-state index in [1.54, 1.807) is 25.1 Å². The van der Waals surface area contributed by atoms with Crippen molar-refractivity contribution in [1.82, 2.24) is 0 Å². The molecule has 0 saturated heterocycles. The first-order valence-electron chi connectivity index (χ1n) is 5.32. The highest BCUT2D eigenvalue weighted by Crippen LogP contribution is 2.14. The second kappa shape index (κ2) is 5.77. The molecule has 0 spiro atoms. The van der Waals surface area contributed by atoms with Crippen LogP contribution in [0.5, 0.6) is 0 Å². The summed E-state index contributed by atoms with van der Waals surface area (Å²) in [6, 6.07) is 4.81. The summed E-state index contributed by atoms with van der Waals surface area (Å²) < 4.78 is 11.8. The Labute approximate surface area is 107 Å². The van der Waals surface area contributed by atoms with Crippen LogP contribution in [-0.4, -0.2) is 26.4 Å². The molecule has 0 saturated carbocycles. The summed E-state index contributed by atoms with van der Waals surface area (Å²) in [4.78, 5) is 21.7. The van der Waals surface area contributed by atoms with E-state index >= 15 is 0 Å². The Balaban J connectivity index is 2.89. The van der Waals surface area contributed by atoms with Gasteiger partial charge in [-0.05, 0) is 37.1 Å². The summed E-state index contributed by atoms with van der Waals surface area (Å²) in [6.07, 6.45) is 0. The SMILES string of the molecule is Cc1cc(C(N)=O)ccc1CS(=O)C(C)C(=O)O. The molecule has 1 amide bonds. The van der Waals surface area contributed by atoms with Crippen LogP contribution in [0.4, 0.5) is 0 Å². The van der Waals surface area contributed by atoms with Crippen molar-refractivity contribution in [2.45, 2.75) is 24.9 Å². The van der Waals surface area contributed by atoms with Crippen molar-refractivity contribution in [3.63, 3.8) is 0 Å². The summed E-state index contributed by atoms with van der Waals surface area (Å²) >= 11 is 0. The van der Waals surface area contributed by atoms with Crippen molar-refractivity contribution < 1.29 is 18.9 Å². The maximum Gasteiger partial charge on any atom is 0.318 e. The molecule has 18 heavy (non-hydrogen) atoms. The first-order chi connectivity index (χ1) is 8.32. The molecule has 1 rings (SSSR count). The minimum atomic E-state index is -1.49. The molecule has 0 aliphatic heterocycles. The maximum absolute atomic E-state index is 11.8. The van der Waals surface area contributed by atoms with E-state index in [2.05, 4.69) is 0 Å². The van der Waals surface area contributed by atoms with Gasteiger partial charge in [0.1, 0.15) is 5.25 Å². The Morgan fingerprint density at radius 3 is 2.50 bits per heavy atom. The molecule has 0 fully saturated rings. The number of hydrogen-bond donors (Lipinski definition) is 2. The van der Waals surface area contributed by atoms with E-state index in [0.29, 0.717) is 5.56 Å². The zero-order chi connectivity index (χ0) is 13.9. The van der Waals surface area contributed by atoms with Gasteiger partial charge in [0.2, 0.25) is 5.91 Å². The molecular weight excluding hydrogens is 254 g/mol. The molecule has 1 aromatic rings. The van der Waals surface area contributed by atoms with E-state index in [4.69, 9.17) is 10.8 Å². The van der Waals surface area contributed by atoms with E-state index in [0.717, 1.165) is 11.1 Å².